The van der Waals surface area contributed by atoms with Crippen LogP contribution in [0.3, 0.4) is 0 Å². The Morgan fingerprint density at radius 3 is 2.44 bits per heavy atom. The van der Waals surface area contributed by atoms with E-state index in [0.717, 1.165) is 0 Å². The summed E-state index contributed by atoms with van der Waals surface area (Å²) in [5.74, 6) is 0. The minimum Gasteiger partial charge on any atom is -0.465 e. The maximum atomic E-state index is 9.85. The Kier molecular flexibility index (Phi) is 3.74. The minimum absolute atomic E-state index is 0.114. The van der Waals surface area contributed by atoms with Gasteiger partial charge in [-0.3, -0.25) is 0 Å². The normalized spacial score (nSPS) is 12.7. The number of rotatable bonds is 3. The molecule has 5 heteroatoms. The van der Waals surface area contributed by atoms with E-state index in [-0.39, 0.29) is 13.2 Å². The first kappa shape index (κ1) is 8.19. The van der Waals surface area contributed by atoms with Crippen molar-refractivity contribution in [3.05, 3.63) is 0 Å². The molecule has 0 radical (unpaired) electrons. The lowest BCUT2D eigenvalue weighted by Crippen LogP contribution is -2.41. The van der Waals surface area contributed by atoms with Crippen LogP contribution in [0.15, 0.2) is 0 Å². The Balaban J connectivity index is 3.43. The van der Waals surface area contributed by atoms with E-state index in [1.807, 2.05) is 5.32 Å². The van der Waals surface area contributed by atoms with Gasteiger partial charge in [0.25, 0.3) is 0 Å². The van der Waals surface area contributed by atoms with Crippen LogP contribution >= 0.6 is 0 Å². The van der Waals surface area contributed by atoms with Crippen LogP contribution in [0, 0.1) is 0 Å². The van der Waals surface area contributed by atoms with Crippen molar-refractivity contribution >= 4 is 6.09 Å². The van der Waals surface area contributed by atoms with Crippen LogP contribution < -0.4 is 11.1 Å². The predicted octanol–water partition coefficient (Wildman–Crippen LogP) is -1.43. The molecule has 9 heavy (non-hydrogen) atoms. The highest BCUT2D eigenvalue weighted by Gasteiger charge is 2.05. The highest BCUT2D eigenvalue weighted by atomic mass is 16.4. The first-order chi connectivity index (χ1) is 4.20. The number of amides is 1. The van der Waals surface area contributed by atoms with Crippen LogP contribution in [0.4, 0.5) is 4.79 Å². The van der Waals surface area contributed by atoms with Gasteiger partial charge in [0.05, 0.1) is 12.6 Å². The molecular weight excluding hydrogens is 124 g/mol. The fraction of sp³-hybridized carbons (Fsp3) is 0.750. The van der Waals surface area contributed by atoms with Gasteiger partial charge in [-0.15, -0.1) is 0 Å². The van der Waals surface area contributed by atoms with Gasteiger partial charge in [-0.05, 0) is 0 Å². The largest absolute Gasteiger partial charge is 0.465 e. The molecule has 0 aromatic carbocycles. The van der Waals surface area contributed by atoms with E-state index in [1.165, 1.54) is 0 Å². The van der Waals surface area contributed by atoms with Crippen LogP contribution in [0.1, 0.15) is 0 Å². The third-order valence-corrected chi connectivity index (χ3v) is 0.833. The summed E-state index contributed by atoms with van der Waals surface area (Å²) in [6.45, 7) is -0.147. The molecule has 0 aromatic rings. The van der Waals surface area contributed by atoms with E-state index in [9.17, 15) is 4.79 Å². The Morgan fingerprint density at radius 1 is 1.78 bits per heavy atom. The summed E-state index contributed by atoms with van der Waals surface area (Å²) in [5, 5.41) is 18.5. The van der Waals surface area contributed by atoms with E-state index >= 15 is 0 Å². The standard InChI is InChI=1S/C4H10N2O3/c5-1-3(2-7)6-4(8)9/h3,6-7H,1-2,5H2,(H,8,9)/t3-/m0/s1. The molecule has 0 aliphatic rings. The second-order valence-electron chi connectivity index (χ2n) is 1.56. The van der Waals surface area contributed by atoms with Crippen molar-refractivity contribution in [2.45, 2.75) is 6.04 Å². The molecule has 0 heterocycles. The van der Waals surface area contributed by atoms with Crippen molar-refractivity contribution in [2.24, 2.45) is 5.73 Å². The van der Waals surface area contributed by atoms with Crippen molar-refractivity contribution in [2.75, 3.05) is 13.2 Å². The molecule has 0 saturated carbocycles. The number of carboxylic acid groups (broad SMARTS) is 1. The first-order valence-corrected chi connectivity index (χ1v) is 2.51. The van der Waals surface area contributed by atoms with Gasteiger partial charge in [0, 0.05) is 6.54 Å². The van der Waals surface area contributed by atoms with Crippen molar-refractivity contribution < 1.29 is 15.0 Å². The molecule has 0 unspecified atom stereocenters. The van der Waals surface area contributed by atoms with E-state index in [0.29, 0.717) is 0 Å². The molecule has 0 fully saturated rings. The first-order valence-electron chi connectivity index (χ1n) is 2.51. The minimum atomic E-state index is -1.17. The van der Waals surface area contributed by atoms with E-state index < -0.39 is 12.1 Å². The molecule has 5 nitrogen and oxygen atoms in total. The van der Waals surface area contributed by atoms with Crippen LogP contribution in [0.25, 0.3) is 0 Å². The maximum Gasteiger partial charge on any atom is 0.405 e. The topological polar surface area (TPSA) is 95.6 Å². The van der Waals surface area contributed by atoms with Crippen molar-refractivity contribution in [3.8, 4) is 0 Å². The smallest absolute Gasteiger partial charge is 0.405 e. The predicted molar refractivity (Wildman–Crippen MR) is 31.1 cm³/mol. The molecule has 0 aromatic heterocycles. The molecule has 1 atom stereocenters. The summed E-state index contributed by atoms with van der Waals surface area (Å²) in [7, 11) is 0. The molecule has 0 aliphatic carbocycles. The molecule has 0 spiro atoms. The molecule has 54 valence electrons. The fourth-order valence-electron chi connectivity index (χ4n) is 0.354. The summed E-state index contributed by atoms with van der Waals surface area (Å²) < 4.78 is 0. The summed E-state index contributed by atoms with van der Waals surface area (Å²) >= 11 is 0. The zero-order chi connectivity index (χ0) is 7.28. The zero-order valence-electron chi connectivity index (χ0n) is 4.87. The highest BCUT2D eigenvalue weighted by molar-refractivity contribution is 5.64. The summed E-state index contributed by atoms with van der Waals surface area (Å²) in [5.41, 5.74) is 5.05. The van der Waals surface area contributed by atoms with Gasteiger partial charge in [-0.2, -0.15) is 0 Å². The van der Waals surface area contributed by atoms with Gasteiger partial charge in [0.2, 0.25) is 0 Å². The van der Waals surface area contributed by atoms with Crippen molar-refractivity contribution in [1.29, 1.82) is 0 Å². The second-order valence-corrected chi connectivity index (χ2v) is 1.56. The molecule has 0 saturated heterocycles. The average molecular weight is 134 g/mol. The summed E-state index contributed by atoms with van der Waals surface area (Å²) in [6.07, 6.45) is -1.17. The molecule has 1 amide bonds. The van der Waals surface area contributed by atoms with E-state index in [2.05, 4.69) is 0 Å². The van der Waals surface area contributed by atoms with Gasteiger partial charge in [0.15, 0.2) is 0 Å². The lowest BCUT2D eigenvalue weighted by Gasteiger charge is -2.09. The number of hydrogen-bond donors (Lipinski definition) is 4. The van der Waals surface area contributed by atoms with Crippen LogP contribution in [0.2, 0.25) is 0 Å². The summed E-state index contributed by atoms with van der Waals surface area (Å²) in [4.78, 5) is 9.85. The molecule has 0 rings (SSSR count). The number of hydrogen-bond acceptors (Lipinski definition) is 3. The monoisotopic (exact) mass is 134 g/mol. The van der Waals surface area contributed by atoms with E-state index in [4.69, 9.17) is 15.9 Å². The Hall–Kier alpha value is -0.810. The number of nitrogens with one attached hydrogen (secondary N) is 1. The number of aliphatic hydroxyl groups excluding tert-OH is 1. The van der Waals surface area contributed by atoms with Crippen molar-refractivity contribution in [1.82, 2.24) is 5.32 Å². The summed E-state index contributed by atoms with van der Waals surface area (Å²) in [6, 6.07) is -0.539. The van der Waals surface area contributed by atoms with Gasteiger partial charge in [-0.1, -0.05) is 0 Å². The van der Waals surface area contributed by atoms with Crippen molar-refractivity contribution in [3.63, 3.8) is 0 Å². The van der Waals surface area contributed by atoms with Gasteiger partial charge >= 0.3 is 6.09 Å². The Morgan fingerprint density at radius 2 is 2.33 bits per heavy atom. The number of nitrogens with two attached hydrogens (primary N) is 1. The van der Waals surface area contributed by atoms with Gasteiger partial charge < -0.3 is 21.3 Å². The van der Waals surface area contributed by atoms with Crippen LogP contribution in [0.5, 0.6) is 0 Å². The van der Waals surface area contributed by atoms with Crippen LogP contribution in [-0.4, -0.2) is 35.5 Å². The highest BCUT2D eigenvalue weighted by Crippen LogP contribution is 1.75. The third-order valence-electron chi connectivity index (χ3n) is 0.833. The van der Waals surface area contributed by atoms with Gasteiger partial charge in [0.1, 0.15) is 0 Å². The number of aliphatic hydroxyl groups is 1. The molecule has 0 bridgehead atoms. The Labute approximate surface area is 52.5 Å². The molecular formula is C4H10N2O3. The zero-order valence-corrected chi connectivity index (χ0v) is 4.87. The van der Waals surface area contributed by atoms with Crippen LogP contribution in [-0.2, 0) is 0 Å². The molecule has 5 N–H and O–H groups in total. The van der Waals surface area contributed by atoms with Gasteiger partial charge in [-0.25, -0.2) is 4.79 Å². The second kappa shape index (κ2) is 4.11. The third kappa shape index (κ3) is 3.75. The SMILES string of the molecule is NC[C@@H](CO)NC(=O)O. The quantitative estimate of drug-likeness (QED) is 0.380. The molecule has 0 aliphatic heterocycles. The fourth-order valence-corrected chi connectivity index (χ4v) is 0.354. The maximum absolute atomic E-state index is 9.85. The number of carbonyl (C=O) groups is 1. The lowest BCUT2D eigenvalue weighted by atomic mass is 10.3. The average Bonchev–Trinajstić information content (AvgIpc) is 1.82. The van der Waals surface area contributed by atoms with E-state index in [1.54, 1.807) is 0 Å². The lowest BCUT2D eigenvalue weighted by molar-refractivity contribution is 0.178. The Bertz CT molecular complexity index is 91.8.